The Morgan fingerprint density at radius 1 is 1.07 bits per heavy atom. The number of thiocarbonyl (C=S) groups is 1. The van der Waals surface area contributed by atoms with Gasteiger partial charge in [0.1, 0.15) is 11.6 Å². The van der Waals surface area contributed by atoms with Crippen molar-refractivity contribution in [3.63, 3.8) is 0 Å². The number of hydrogen-bond acceptors (Lipinski definition) is 4. The highest BCUT2D eigenvalue weighted by Gasteiger charge is 2.51. The van der Waals surface area contributed by atoms with Crippen molar-refractivity contribution in [2.24, 2.45) is 5.41 Å². The van der Waals surface area contributed by atoms with Crippen LogP contribution in [0.1, 0.15) is 86.8 Å². The Bertz CT molecular complexity index is 1210. The van der Waals surface area contributed by atoms with Crippen LogP contribution in [0.3, 0.4) is 0 Å². The van der Waals surface area contributed by atoms with Gasteiger partial charge in [-0.15, -0.1) is 0 Å². The van der Waals surface area contributed by atoms with Gasteiger partial charge in [0, 0.05) is 18.2 Å². The fourth-order valence-electron chi connectivity index (χ4n) is 3.96. The number of nitrogens with one attached hydrogen (secondary N) is 1. The van der Waals surface area contributed by atoms with Crippen molar-refractivity contribution in [1.82, 2.24) is 5.32 Å². The largest absolute Gasteiger partial charge is 0.359 e. The SMILES string of the molecule is CC.CC.CC.CNC(=O)C(C)(C)CCc1ccc(N2C(=S)N(c3ccc(C#N)c(Cl)c3F)C(=O)C2(C)C)cc1. The summed E-state index contributed by atoms with van der Waals surface area (Å²) >= 11 is 11.6. The summed E-state index contributed by atoms with van der Waals surface area (Å²) in [5.74, 6) is -1.29. The lowest BCUT2D eigenvalue weighted by molar-refractivity contribution is -0.129. The second kappa shape index (κ2) is 16.3. The number of anilines is 2. The molecule has 2 amide bonds. The van der Waals surface area contributed by atoms with E-state index in [0.29, 0.717) is 18.5 Å². The summed E-state index contributed by atoms with van der Waals surface area (Å²) < 4.78 is 15.0. The standard InChI is InChI=1S/C25H26ClFN4O2S.3C2H6/c1-24(2,21(32)29-5)13-12-15-6-9-17(10-7-15)31-23(34)30(22(33)25(31,3)4)18-11-8-16(14-28)19(26)20(18)27;3*1-2/h6-11H,12-13H2,1-5H3,(H,29,32);3*1-2H3. The number of aryl methyl sites for hydroxylation is 1. The van der Waals surface area contributed by atoms with E-state index in [1.54, 1.807) is 25.8 Å². The third-order valence-corrected chi connectivity index (χ3v) is 6.90. The molecule has 9 heteroatoms. The van der Waals surface area contributed by atoms with E-state index < -0.39 is 22.7 Å². The van der Waals surface area contributed by atoms with Crippen molar-refractivity contribution >= 4 is 52.1 Å². The monoisotopic (exact) mass is 590 g/mol. The molecule has 0 saturated carbocycles. The maximum atomic E-state index is 15.0. The summed E-state index contributed by atoms with van der Waals surface area (Å²) in [7, 11) is 1.63. The van der Waals surface area contributed by atoms with Crippen molar-refractivity contribution in [2.45, 2.75) is 87.6 Å². The quantitative estimate of drug-likeness (QED) is 0.344. The van der Waals surface area contributed by atoms with Crippen LogP contribution < -0.4 is 15.1 Å². The molecule has 2 aromatic carbocycles. The van der Waals surface area contributed by atoms with Crippen LogP contribution >= 0.6 is 23.8 Å². The van der Waals surface area contributed by atoms with E-state index in [2.05, 4.69) is 5.32 Å². The minimum atomic E-state index is -1.08. The number of hydrogen-bond donors (Lipinski definition) is 1. The second-order valence-electron chi connectivity index (χ2n) is 9.32. The Hall–Kier alpha value is -3.02. The summed E-state index contributed by atoms with van der Waals surface area (Å²) in [4.78, 5) is 28.1. The summed E-state index contributed by atoms with van der Waals surface area (Å²) in [5.41, 5.74) is 0.0317. The summed E-state index contributed by atoms with van der Waals surface area (Å²) in [6.07, 6.45) is 1.37. The van der Waals surface area contributed by atoms with Gasteiger partial charge in [-0.05, 0) is 68.7 Å². The van der Waals surface area contributed by atoms with Crippen molar-refractivity contribution in [3.05, 3.63) is 58.4 Å². The van der Waals surface area contributed by atoms with Crippen LogP contribution in [0.5, 0.6) is 0 Å². The molecule has 2 aromatic rings. The van der Waals surface area contributed by atoms with Gasteiger partial charge in [-0.1, -0.05) is 79.1 Å². The first kappa shape index (κ1) is 37.0. The molecular weight excluding hydrogens is 547 g/mol. The van der Waals surface area contributed by atoms with Crippen LogP contribution in [-0.2, 0) is 16.0 Å². The fourth-order valence-corrected chi connectivity index (χ4v) is 4.68. The zero-order valence-electron chi connectivity index (χ0n) is 25.7. The molecule has 0 unspecified atom stereocenters. The van der Waals surface area contributed by atoms with Gasteiger partial charge in [-0.3, -0.25) is 14.5 Å². The average molecular weight is 591 g/mol. The average Bonchev–Trinajstić information content (AvgIpc) is 3.15. The summed E-state index contributed by atoms with van der Waals surface area (Å²) in [6.45, 7) is 19.2. The van der Waals surface area contributed by atoms with E-state index in [-0.39, 0.29) is 27.3 Å². The predicted molar refractivity (Wildman–Crippen MR) is 169 cm³/mol. The molecule has 1 aliphatic rings. The van der Waals surface area contributed by atoms with Crippen LogP contribution in [0.2, 0.25) is 5.02 Å². The zero-order valence-corrected chi connectivity index (χ0v) is 27.3. The number of halogens is 2. The molecule has 0 radical (unpaired) electrons. The first-order chi connectivity index (χ1) is 18.9. The topological polar surface area (TPSA) is 76.4 Å². The number of nitrogens with zero attached hydrogens (tertiary/aromatic N) is 3. The van der Waals surface area contributed by atoms with E-state index in [0.717, 1.165) is 10.5 Å². The molecule has 1 heterocycles. The number of rotatable bonds is 6. The van der Waals surface area contributed by atoms with E-state index in [1.165, 1.54) is 12.1 Å². The number of carbonyl (C=O) groups excluding carboxylic acids is 2. The maximum absolute atomic E-state index is 15.0. The van der Waals surface area contributed by atoms with Gasteiger partial charge in [0.2, 0.25) is 5.91 Å². The Kier molecular flexibility index (Phi) is 15.1. The first-order valence-corrected chi connectivity index (χ1v) is 14.5. The van der Waals surface area contributed by atoms with Crippen molar-refractivity contribution in [2.75, 3.05) is 16.8 Å². The molecule has 1 fully saturated rings. The molecular formula is C31H44ClFN4O2S. The van der Waals surface area contributed by atoms with Crippen LogP contribution in [0.15, 0.2) is 36.4 Å². The molecule has 1 N–H and O–H groups in total. The predicted octanol–water partition coefficient (Wildman–Crippen LogP) is 8.05. The molecule has 40 heavy (non-hydrogen) atoms. The molecule has 0 aliphatic carbocycles. The highest BCUT2D eigenvalue weighted by Crippen LogP contribution is 2.39. The Morgan fingerprint density at radius 3 is 2.08 bits per heavy atom. The third-order valence-electron chi connectivity index (χ3n) is 6.17. The van der Waals surface area contributed by atoms with Gasteiger partial charge in [0.25, 0.3) is 5.91 Å². The molecule has 0 spiro atoms. The maximum Gasteiger partial charge on any atom is 0.259 e. The van der Waals surface area contributed by atoms with E-state index in [4.69, 9.17) is 29.1 Å². The van der Waals surface area contributed by atoms with Crippen LogP contribution in [0, 0.1) is 22.6 Å². The lowest BCUT2D eigenvalue weighted by atomic mass is 9.85. The van der Waals surface area contributed by atoms with Gasteiger partial charge in [-0.25, -0.2) is 4.39 Å². The van der Waals surface area contributed by atoms with Crippen molar-refractivity contribution < 1.29 is 14.0 Å². The van der Waals surface area contributed by atoms with Crippen molar-refractivity contribution in [3.8, 4) is 6.07 Å². The summed E-state index contributed by atoms with van der Waals surface area (Å²) in [5, 5.41) is 11.5. The lowest BCUT2D eigenvalue weighted by Crippen LogP contribution is -2.44. The molecule has 0 bridgehead atoms. The smallest absolute Gasteiger partial charge is 0.259 e. The molecule has 3 rings (SSSR count). The minimum absolute atomic E-state index is 0.0120. The van der Waals surface area contributed by atoms with Gasteiger partial charge in [0.15, 0.2) is 10.9 Å². The Balaban J connectivity index is 0.00000237. The van der Waals surface area contributed by atoms with Gasteiger partial charge < -0.3 is 10.2 Å². The Morgan fingerprint density at radius 2 is 1.60 bits per heavy atom. The molecule has 6 nitrogen and oxygen atoms in total. The minimum Gasteiger partial charge on any atom is -0.359 e. The van der Waals surface area contributed by atoms with Gasteiger partial charge in [-0.2, -0.15) is 5.26 Å². The Labute approximate surface area is 250 Å². The third kappa shape index (κ3) is 7.80. The van der Waals surface area contributed by atoms with Crippen LogP contribution in [0.25, 0.3) is 0 Å². The lowest BCUT2D eigenvalue weighted by Gasteiger charge is -2.29. The summed E-state index contributed by atoms with van der Waals surface area (Å²) in [6, 6.07) is 12.1. The highest BCUT2D eigenvalue weighted by atomic mass is 35.5. The van der Waals surface area contributed by atoms with Gasteiger partial charge >= 0.3 is 0 Å². The highest BCUT2D eigenvalue weighted by molar-refractivity contribution is 7.81. The molecule has 0 aromatic heterocycles. The van der Waals surface area contributed by atoms with Crippen molar-refractivity contribution in [1.29, 1.82) is 5.26 Å². The van der Waals surface area contributed by atoms with E-state index in [9.17, 15) is 14.0 Å². The fraction of sp³-hybridized carbons (Fsp3) is 0.484. The molecule has 1 saturated heterocycles. The normalized spacial score (nSPS) is 13.6. The number of nitriles is 1. The molecule has 1 aliphatic heterocycles. The molecule has 220 valence electrons. The van der Waals surface area contributed by atoms with Crippen LogP contribution in [-0.4, -0.2) is 29.5 Å². The van der Waals surface area contributed by atoms with E-state index >= 15 is 0 Å². The number of benzene rings is 2. The van der Waals surface area contributed by atoms with Crippen LogP contribution in [0.4, 0.5) is 15.8 Å². The first-order valence-electron chi connectivity index (χ1n) is 13.7. The van der Waals surface area contributed by atoms with Gasteiger partial charge in [0.05, 0.1) is 16.3 Å². The second-order valence-corrected chi connectivity index (χ2v) is 10.1. The van der Waals surface area contributed by atoms with E-state index in [1.807, 2.05) is 85.7 Å². The zero-order chi connectivity index (χ0) is 31.4. The molecule has 0 atom stereocenters. The number of amides is 2. The number of carbonyl (C=O) groups is 2.